The fraction of sp³-hybridized carbons (Fsp3) is 0.143. The van der Waals surface area contributed by atoms with Crippen LogP contribution in [0.2, 0.25) is 0 Å². The van der Waals surface area contributed by atoms with Gasteiger partial charge in [0.1, 0.15) is 0 Å². The van der Waals surface area contributed by atoms with Crippen molar-refractivity contribution in [1.29, 1.82) is 0 Å². The lowest BCUT2D eigenvalue weighted by Crippen LogP contribution is -1.94. The monoisotopic (exact) mass is 358 g/mol. The molecule has 0 unspecified atom stereocenters. The third-order valence-electron chi connectivity index (χ3n) is 6.42. The van der Waals surface area contributed by atoms with Gasteiger partial charge in [-0.15, -0.1) is 0 Å². The molecule has 2 aliphatic rings. The van der Waals surface area contributed by atoms with Crippen LogP contribution in [0.15, 0.2) is 84.9 Å². The second-order valence-electron chi connectivity index (χ2n) is 8.15. The van der Waals surface area contributed by atoms with E-state index in [0.717, 1.165) is 25.7 Å². The minimum Gasteiger partial charge on any atom is -0.0619 e. The zero-order valence-corrected chi connectivity index (χ0v) is 15.9. The largest absolute Gasteiger partial charge is 0.0619 e. The Kier molecular flexibility index (Phi) is 3.52. The van der Waals surface area contributed by atoms with Gasteiger partial charge in [-0.3, -0.25) is 0 Å². The van der Waals surface area contributed by atoms with Crippen LogP contribution in [-0.4, -0.2) is 0 Å². The van der Waals surface area contributed by atoms with Gasteiger partial charge in [0.2, 0.25) is 0 Å². The maximum atomic E-state index is 2.43. The van der Waals surface area contributed by atoms with E-state index in [1.807, 2.05) is 0 Å². The Hall–Kier alpha value is -3.12. The Morgan fingerprint density at radius 1 is 0.429 bits per heavy atom. The highest BCUT2D eigenvalue weighted by molar-refractivity contribution is 5.78. The van der Waals surface area contributed by atoms with Gasteiger partial charge in [0, 0.05) is 0 Å². The first kappa shape index (κ1) is 15.9. The molecular formula is C28H22. The maximum absolute atomic E-state index is 2.43. The van der Waals surface area contributed by atoms with E-state index >= 15 is 0 Å². The maximum Gasteiger partial charge on any atom is -0.00134 e. The van der Waals surface area contributed by atoms with Crippen molar-refractivity contribution < 1.29 is 0 Å². The van der Waals surface area contributed by atoms with Crippen molar-refractivity contribution in [3.05, 3.63) is 118 Å². The second-order valence-corrected chi connectivity index (χ2v) is 8.15. The van der Waals surface area contributed by atoms with Crippen LogP contribution in [0.1, 0.15) is 33.4 Å². The van der Waals surface area contributed by atoms with Crippen LogP contribution in [0.3, 0.4) is 0 Å². The molecule has 0 aliphatic heterocycles. The summed E-state index contributed by atoms with van der Waals surface area (Å²) in [5.41, 5.74) is 14.5. The molecule has 0 nitrogen and oxygen atoms in total. The van der Waals surface area contributed by atoms with Crippen molar-refractivity contribution in [1.82, 2.24) is 0 Å². The van der Waals surface area contributed by atoms with E-state index in [4.69, 9.17) is 0 Å². The summed E-state index contributed by atoms with van der Waals surface area (Å²) in [5, 5.41) is 0. The smallest absolute Gasteiger partial charge is 0.00134 e. The van der Waals surface area contributed by atoms with Gasteiger partial charge < -0.3 is 0 Å². The number of aryl methyl sites for hydroxylation is 2. The molecule has 28 heavy (non-hydrogen) atoms. The normalized spacial score (nSPS) is 13.0. The van der Waals surface area contributed by atoms with Gasteiger partial charge in [-0.25, -0.2) is 0 Å². The van der Waals surface area contributed by atoms with E-state index in [-0.39, 0.29) is 0 Å². The Morgan fingerprint density at radius 2 is 0.857 bits per heavy atom. The molecule has 4 aromatic rings. The number of hydrogen-bond acceptors (Lipinski definition) is 0. The van der Waals surface area contributed by atoms with Gasteiger partial charge >= 0.3 is 0 Å². The van der Waals surface area contributed by atoms with Crippen molar-refractivity contribution in [3.63, 3.8) is 0 Å². The van der Waals surface area contributed by atoms with Crippen molar-refractivity contribution in [2.24, 2.45) is 0 Å². The molecule has 0 amide bonds. The van der Waals surface area contributed by atoms with Crippen molar-refractivity contribution in [3.8, 4) is 22.3 Å². The first-order valence-corrected chi connectivity index (χ1v) is 10.3. The van der Waals surface area contributed by atoms with E-state index in [2.05, 4.69) is 84.9 Å². The van der Waals surface area contributed by atoms with Gasteiger partial charge in [0.15, 0.2) is 0 Å². The summed E-state index contributed by atoms with van der Waals surface area (Å²) in [6.45, 7) is 0. The lowest BCUT2D eigenvalue weighted by atomic mass is 9.97. The molecule has 0 saturated carbocycles. The summed E-state index contributed by atoms with van der Waals surface area (Å²) in [7, 11) is 0. The zero-order valence-electron chi connectivity index (χ0n) is 15.9. The molecule has 0 bridgehead atoms. The van der Waals surface area contributed by atoms with Crippen LogP contribution in [-0.2, 0) is 25.7 Å². The van der Waals surface area contributed by atoms with E-state index < -0.39 is 0 Å². The van der Waals surface area contributed by atoms with E-state index in [9.17, 15) is 0 Å². The summed E-state index contributed by atoms with van der Waals surface area (Å²) >= 11 is 0. The van der Waals surface area contributed by atoms with Crippen LogP contribution in [0.5, 0.6) is 0 Å². The topological polar surface area (TPSA) is 0 Å². The highest BCUT2D eigenvalue weighted by Crippen LogP contribution is 2.38. The van der Waals surface area contributed by atoms with Gasteiger partial charge in [0.05, 0.1) is 0 Å². The zero-order chi connectivity index (χ0) is 18.5. The lowest BCUT2D eigenvalue weighted by molar-refractivity contribution is 0.954. The molecule has 0 atom stereocenters. The minimum absolute atomic E-state index is 1.08. The second kappa shape index (κ2) is 6.21. The molecule has 0 heteroatoms. The van der Waals surface area contributed by atoms with Crippen molar-refractivity contribution >= 4 is 0 Å². The van der Waals surface area contributed by atoms with Gasteiger partial charge in [0.25, 0.3) is 0 Å². The molecule has 0 fully saturated rings. The Bertz CT molecular complexity index is 1120. The average Bonchev–Trinajstić information content (AvgIpc) is 3.29. The quantitative estimate of drug-likeness (QED) is 0.334. The van der Waals surface area contributed by atoms with Crippen molar-refractivity contribution in [2.75, 3.05) is 0 Å². The van der Waals surface area contributed by atoms with Crippen molar-refractivity contribution in [2.45, 2.75) is 25.7 Å². The molecule has 134 valence electrons. The third-order valence-corrected chi connectivity index (χ3v) is 6.42. The number of rotatable bonds is 3. The Labute approximate surface area is 166 Å². The molecule has 0 heterocycles. The fourth-order valence-corrected chi connectivity index (χ4v) is 5.00. The van der Waals surface area contributed by atoms with E-state index in [1.54, 1.807) is 0 Å². The van der Waals surface area contributed by atoms with Crippen LogP contribution < -0.4 is 0 Å². The highest BCUT2D eigenvalue weighted by Gasteiger charge is 2.19. The average molecular weight is 358 g/mol. The van der Waals surface area contributed by atoms with Gasteiger partial charge in [-0.05, 0) is 81.3 Å². The van der Waals surface area contributed by atoms with E-state index in [1.165, 1.54) is 55.6 Å². The van der Waals surface area contributed by atoms with Gasteiger partial charge in [-0.1, -0.05) is 84.9 Å². The number of hydrogen-bond donors (Lipinski definition) is 0. The first-order chi connectivity index (χ1) is 13.8. The Morgan fingerprint density at radius 3 is 1.36 bits per heavy atom. The number of fused-ring (bicyclic) bond motifs is 6. The SMILES string of the molecule is c1ccc2c(c1)Cc1cc(CCc3ccc4c(c3)Cc3ccccc3-4)ccc1-2. The van der Waals surface area contributed by atoms with E-state index in [0.29, 0.717) is 0 Å². The van der Waals surface area contributed by atoms with Crippen LogP contribution in [0, 0.1) is 0 Å². The minimum atomic E-state index is 1.08. The predicted octanol–water partition coefficient (Wildman–Crippen LogP) is 6.61. The summed E-state index contributed by atoms with van der Waals surface area (Å²) in [6, 6.07) is 31.8. The molecule has 6 rings (SSSR count). The summed E-state index contributed by atoms with van der Waals surface area (Å²) in [5.74, 6) is 0. The third kappa shape index (κ3) is 2.52. The Balaban J connectivity index is 1.22. The summed E-state index contributed by atoms with van der Waals surface area (Å²) in [6.07, 6.45) is 4.37. The molecule has 4 aromatic carbocycles. The molecular weight excluding hydrogens is 336 g/mol. The molecule has 0 aromatic heterocycles. The first-order valence-electron chi connectivity index (χ1n) is 10.3. The molecule has 0 spiro atoms. The predicted molar refractivity (Wildman–Crippen MR) is 117 cm³/mol. The highest BCUT2D eigenvalue weighted by atomic mass is 14.2. The summed E-state index contributed by atoms with van der Waals surface area (Å²) < 4.78 is 0. The molecule has 0 saturated heterocycles. The van der Waals surface area contributed by atoms with Crippen LogP contribution in [0.25, 0.3) is 22.3 Å². The van der Waals surface area contributed by atoms with Gasteiger partial charge in [-0.2, -0.15) is 0 Å². The molecule has 0 radical (unpaired) electrons. The lowest BCUT2D eigenvalue weighted by Gasteiger charge is -2.08. The number of benzene rings is 4. The standard InChI is InChI=1S/C28H22/c1-3-7-25-21(5-1)17-23-15-19(11-13-27(23)25)9-10-20-12-14-28-24(16-20)18-22-6-2-4-8-26(22)28/h1-8,11-16H,9-10,17-18H2. The summed E-state index contributed by atoms with van der Waals surface area (Å²) in [4.78, 5) is 0. The molecule has 2 aliphatic carbocycles. The molecule has 0 N–H and O–H groups in total. The fourth-order valence-electron chi connectivity index (χ4n) is 5.00. The van der Waals surface area contributed by atoms with Crippen LogP contribution in [0.4, 0.5) is 0 Å². The van der Waals surface area contributed by atoms with Crippen LogP contribution >= 0.6 is 0 Å².